The number of nitrogens with two attached hydrogens (primary N) is 1. The van der Waals surface area contributed by atoms with Crippen LogP contribution in [0.5, 0.6) is 0 Å². The van der Waals surface area contributed by atoms with E-state index in [1.54, 1.807) is 11.0 Å². The third-order valence-electron chi connectivity index (χ3n) is 2.94. The van der Waals surface area contributed by atoms with Crippen molar-refractivity contribution >= 4 is 11.6 Å². The number of benzene rings is 1. The normalized spacial score (nSPS) is 10.7. The first-order chi connectivity index (χ1) is 9.09. The highest BCUT2D eigenvalue weighted by Gasteiger charge is 2.21. The molecule has 100 valence electrons. The second-order valence-electron chi connectivity index (χ2n) is 4.61. The summed E-state index contributed by atoms with van der Waals surface area (Å²) in [5.41, 5.74) is 7.83. The Morgan fingerprint density at radius 3 is 2.68 bits per heavy atom. The zero-order valence-corrected chi connectivity index (χ0v) is 11.0. The molecule has 1 amide bonds. The number of amides is 1. The van der Waals surface area contributed by atoms with Crippen molar-refractivity contribution in [2.24, 2.45) is 0 Å². The maximum atomic E-state index is 12.3. The molecule has 1 aromatic carbocycles. The molecular formula is C14H17N3O2. The average molecular weight is 259 g/mol. The van der Waals surface area contributed by atoms with Crippen LogP contribution in [-0.2, 0) is 6.54 Å². The lowest BCUT2D eigenvalue weighted by Crippen LogP contribution is -2.36. The van der Waals surface area contributed by atoms with Crippen molar-refractivity contribution < 1.29 is 9.32 Å². The van der Waals surface area contributed by atoms with Gasteiger partial charge in [0, 0.05) is 24.3 Å². The van der Waals surface area contributed by atoms with Gasteiger partial charge in [0.05, 0.1) is 0 Å². The first-order valence-corrected chi connectivity index (χ1v) is 6.14. The maximum Gasteiger partial charge on any atom is 0.276 e. The van der Waals surface area contributed by atoms with Crippen molar-refractivity contribution in [3.8, 4) is 0 Å². The number of carbonyl (C=O) groups is 1. The van der Waals surface area contributed by atoms with Crippen molar-refractivity contribution in [3.05, 3.63) is 47.9 Å². The molecule has 2 rings (SSSR count). The summed E-state index contributed by atoms with van der Waals surface area (Å²) in [6.45, 7) is 4.37. The lowest BCUT2D eigenvalue weighted by molar-refractivity contribution is 0.0680. The predicted molar refractivity (Wildman–Crippen MR) is 72.4 cm³/mol. The van der Waals surface area contributed by atoms with E-state index in [0.717, 1.165) is 5.56 Å². The van der Waals surface area contributed by atoms with Gasteiger partial charge in [-0.15, -0.1) is 0 Å². The summed E-state index contributed by atoms with van der Waals surface area (Å²) < 4.78 is 4.72. The van der Waals surface area contributed by atoms with E-state index in [1.807, 2.05) is 38.1 Å². The Hall–Kier alpha value is -2.30. The molecule has 0 aliphatic carbocycles. The number of rotatable bonds is 4. The highest BCUT2D eigenvalue weighted by atomic mass is 16.5. The number of para-hydroxylation sites is 1. The molecule has 0 spiro atoms. The summed E-state index contributed by atoms with van der Waals surface area (Å²) in [5, 5.41) is 3.69. The minimum Gasteiger partial charge on any atom is -0.398 e. The highest BCUT2D eigenvalue weighted by molar-refractivity contribution is 5.92. The van der Waals surface area contributed by atoms with E-state index in [2.05, 4.69) is 5.16 Å². The van der Waals surface area contributed by atoms with Gasteiger partial charge in [0.1, 0.15) is 6.26 Å². The van der Waals surface area contributed by atoms with Crippen molar-refractivity contribution in [3.63, 3.8) is 0 Å². The van der Waals surface area contributed by atoms with Gasteiger partial charge >= 0.3 is 0 Å². The molecule has 0 radical (unpaired) electrons. The van der Waals surface area contributed by atoms with E-state index in [-0.39, 0.29) is 11.9 Å². The van der Waals surface area contributed by atoms with Crippen LogP contribution in [0, 0.1) is 0 Å². The SMILES string of the molecule is CC(C)N(Cc1ccccc1N)C(=O)c1ccon1. The third kappa shape index (κ3) is 2.93. The van der Waals surface area contributed by atoms with E-state index in [9.17, 15) is 4.79 Å². The van der Waals surface area contributed by atoms with Crippen LogP contribution < -0.4 is 5.73 Å². The Morgan fingerprint density at radius 1 is 1.37 bits per heavy atom. The number of nitrogen functional groups attached to an aromatic ring is 1. The molecule has 1 heterocycles. The first-order valence-electron chi connectivity index (χ1n) is 6.14. The van der Waals surface area contributed by atoms with Crippen molar-refractivity contribution in [1.82, 2.24) is 10.1 Å². The Morgan fingerprint density at radius 2 is 2.11 bits per heavy atom. The molecule has 0 saturated carbocycles. The van der Waals surface area contributed by atoms with Crippen LogP contribution in [0.25, 0.3) is 0 Å². The Balaban J connectivity index is 2.22. The van der Waals surface area contributed by atoms with Gasteiger partial charge in [-0.25, -0.2) is 0 Å². The minimum atomic E-state index is -0.160. The molecule has 0 saturated heterocycles. The van der Waals surface area contributed by atoms with Gasteiger partial charge in [-0.05, 0) is 25.5 Å². The molecule has 0 bridgehead atoms. The number of nitrogens with zero attached hydrogens (tertiary/aromatic N) is 2. The second kappa shape index (κ2) is 5.56. The molecule has 0 aliphatic rings. The van der Waals surface area contributed by atoms with Gasteiger partial charge in [0.15, 0.2) is 5.69 Å². The molecule has 2 N–H and O–H groups in total. The summed E-state index contributed by atoms with van der Waals surface area (Å²) in [5.74, 6) is -0.160. The summed E-state index contributed by atoms with van der Waals surface area (Å²) in [6, 6.07) is 9.13. The molecule has 19 heavy (non-hydrogen) atoms. The summed E-state index contributed by atoms with van der Waals surface area (Å²) in [6.07, 6.45) is 1.39. The molecule has 0 aliphatic heterocycles. The molecule has 2 aromatic rings. The molecule has 5 heteroatoms. The Kier molecular flexibility index (Phi) is 3.85. The zero-order valence-electron chi connectivity index (χ0n) is 11.0. The smallest absolute Gasteiger partial charge is 0.276 e. The van der Waals surface area contributed by atoms with E-state index in [4.69, 9.17) is 10.3 Å². The largest absolute Gasteiger partial charge is 0.398 e. The van der Waals surface area contributed by atoms with Crippen molar-refractivity contribution in [2.45, 2.75) is 26.4 Å². The van der Waals surface area contributed by atoms with Gasteiger partial charge in [-0.2, -0.15) is 0 Å². The second-order valence-corrected chi connectivity index (χ2v) is 4.61. The summed E-state index contributed by atoms with van der Waals surface area (Å²) in [4.78, 5) is 14.0. The van der Waals surface area contributed by atoms with E-state index in [0.29, 0.717) is 17.9 Å². The van der Waals surface area contributed by atoms with Crippen LogP contribution in [-0.4, -0.2) is 22.0 Å². The van der Waals surface area contributed by atoms with Gasteiger partial charge in [-0.3, -0.25) is 4.79 Å². The predicted octanol–water partition coefficient (Wildman–Crippen LogP) is 2.31. The van der Waals surface area contributed by atoms with Crippen molar-refractivity contribution in [2.75, 3.05) is 5.73 Å². The lowest BCUT2D eigenvalue weighted by Gasteiger charge is -2.26. The van der Waals surface area contributed by atoms with Crippen LogP contribution in [0.3, 0.4) is 0 Å². The summed E-state index contributed by atoms with van der Waals surface area (Å²) >= 11 is 0. The highest BCUT2D eigenvalue weighted by Crippen LogP contribution is 2.17. The topological polar surface area (TPSA) is 72.4 Å². The zero-order chi connectivity index (χ0) is 13.8. The Labute approximate surface area is 112 Å². The number of carbonyl (C=O) groups excluding carboxylic acids is 1. The molecular weight excluding hydrogens is 242 g/mol. The third-order valence-corrected chi connectivity index (χ3v) is 2.94. The van der Waals surface area contributed by atoms with Gasteiger partial charge in [0.25, 0.3) is 5.91 Å². The maximum absolute atomic E-state index is 12.3. The monoisotopic (exact) mass is 259 g/mol. The van der Waals surface area contributed by atoms with Crippen molar-refractivity contribution in [1.29, 1.82) is 0 Å². The van der Waals surface area contributed by atoms with Crippen LogP contribution in [0.15, 0.2) is 41.1 Å². The average Bonchev–Trinajstić information content (AvgIpc) is 2.90. The van der Waals surface area contributed by atoms with Crippen LogP contribution >= 0.6 is 0 Å². The molecule has 5 nitrogen and oxygen atoms in total. The minimum absolute atomic E-state index is 0.0452. The number of anilines is 1. The van der Waals surface area contributed by atoms with Gasteiger partial charge in [0.2, 0.25) is 0 Å². The lowest BCUT2D eigenvalue weighted by atomic mass is 10.1. The van der Waals surface area contributed by atoms with Crippen LogP contribution in [0.4, 0.5) is 5.69 Å². The van der Waals surface area contributed by atoms with Crippen LogP contribution in [0.2, 0.25) is 0 Å². The van der Waals surface area contributed by atoms with E-state index < -0.39 is 0 Å². The molecule has 1 aromatic heterocycles. The standard InChI is InChI=1S/C14H17N3O2/c1-10(2)17(14(18)13-7-8-19-16-13)9-11-5-3-4-6-12(11)15/h3-8,10H,9,15H2,1-2H3. The quantitative estimate of drug-likeness (QED) is 0.855. The molecule has 0 fully saturated rings. The number of hydrogen-bond donors (Lipinski definition) is 1. The molecule has 0 atom stereocenters. The fourth-order valence-electron chi connectivity index (χ4n) is 1.82. The number of hydrogen-bond acceptors (Lipinski definition) is 4. The van der Waals surface area contributed by atoms with Crippen LogP contribution in [0.1, 0.15) is 29.9 Å². The Bertz CT molecular complexity index is 550. The number of aromatic nitrogens is 1. The summed E-state index contributed by atoms with van der Waals surface area (Å²) in [7, 11) is 0. The van der Waals surface area contributed by atoms with Gasteiger partial charge < -0.3 is 15.2 Å². The van der Waals surface area contributed by atoms with Gasteiger partial charge in [-0.1, -0.05) is 23.4 Å². The fourth-order valence-corrected chi connectivity index (χ4v) is 1.82. The fraction of sp³-hybridized carbons (Fsp3) is 0.286. The first kappa shape index (κ1) is 13.1. The van der Waals surface area contributed by atoms with E-state index >= 15 is 0 Å². The molecule has 0 unspecified atom stereocenters. The van der Waals surface area contributed by atoms with E-state index in [1.165, 1.54) is 6.26 Å².